The number of nitrogens with one attached hydrogen (secondary N) is 2. The van der Waals surface area contributed by atoms with Gasteiger partial charge < -0.3 is 15.2 Å². The molecule has 5 heteroatoms. The number of hydrogen-bond donors (Lipinski definition) is 2. The number of fused-ring (bicyclic) bond motifs is 1. The van der Waals surface area contributed by atoms with Gasteiger partial charge in [0, 0.05) is 31.6 Å². The maximum Gasteiger partial charge on any atom is 0.147 e. The summed E-state index contributed by atoms with van der Waals surface area (Å²) < 4.78 is 2.25. The molecule has 2 N–H and O–H groups in total. The summed E-state index contributed by atoms with van der Waals surface area (Å²) in [5.41, 5.74) is 0. The summed E-state index contributed by atoms with van der Waals surface area (Å²) in [5, 5.41) is 15.3. The fraction of sp³-hybridized carbons (Fsp3) is 0.818. The van der Waals surface area contributed by atoms with Gasteiger partial charge in [-0.2, -0.15) is 0 Å². The van der Waals surface area contributed by atoms with E-state index in [4.69, 9.17) is 0 Å². The minimum Gasteiger partial charge on any atom is -0.313 e. The molecule has 0 radical (unpaired) electrons. The summed E-state index contributed by atoms with van der Waals surface area (Å²) in [5.74, 6) is 2.17. The van der Waals surface area contributed by atoms with Gasteiger partial charge in [-0.15, -0.1) is 10.2 Å². The highest BCUT2D eigenvalue weighted by Gasteiger charge is 2.21. The maximum absolute atomic E-state index is 4.20. The van der Waals surface area contributed by atoms with Crippen molar-refractivity contribution >= 4 is 0 Å². The monoisotopic (exact) mass is 223 g/mol. The van der Waals surface area contributed by atoms with Gasteiger partial charge in [0.25, 0.3) is 0 Å². The molecule has 1 aliphatic rings. The van der Waals surface area contributed by atoms with Gasteiger partial charge in [0.05, 0.1) is 6.54 Å². The van der Waals surface area contributed by atoms with Crippen LogP contribution in [0.1, 0.15) is 32.4 Å². The zero-order valence-electron chi connectivity index (χ0n) is 10.3. The summed E-state index contributed by atoms with van der Waals surface area (Å²) in [4.78, 5) is 0. The van der Waals surface area contributed by atoms with Gasteiger partial charge in [-0.05, 0) is 0 Å². The molecule has 2 rings (SSSR count). The Hall–Kier alpha value is -0.940. The highest BCUT2D eigenvalue weighted by Crippen LogP contribution is 2.09. The van der Waals surface area contributed by atoms with Crippen LogP contribution in [-0.2, 0) is 19.5 Å². The molecule has 0 saturated heterocycles. The molecular formula is C11H21N5. The van der Waals surface area contributed by atoms with E-state index < -0.39 is 0 Å². The van der Waals surface area contributed by atoms with E-state index in [1.54, 1.807) is 0 Å². The molecule has 2 heterocycles. The van der Waals surface area contributed by atoms with Gasteiger partial charge in [0.1, 0.15) is 11.6 Å². The Labute approximate surface area is 96.6 Å². The molecule has 1 atom stereocenters. The predicted octanol–water partition coefficient (Wildman–Crippen LogP) is 0.310. The number of hydrogen-bond acceptors (Lipinski definition) is 4. The molecule has 0 spiro atoms. The largest absolute Gasteiger partial charge is 0.313 e. The summed E-state index contributed by atoms with van der Waals surface area (Å²) in [6.45, 7) is 9.27. The third-order valence-electron chi connectivity index (χ3n) is 2.94. The Kier molecular flexibility index (Phi) is 3.56. The Bertz CT molecular complexity index is 331. The first kappa shape index (κ1) is 11.5. The van der Waals surface area contributed by atoms with Crippen LogP contribution in [0.4, 0.5) is 0 Å². The van der Waals surface area contributed by atoms with E-state index in [9.17, 15) is 0 Å². The molecular weight excluding hydrogens is 202 g/mol. The maximum atomic E-state index is 4.20. The lowest BCUT2D eigenvalue weighted by Crippen LogP contribution is -2.46. The van der Waals surface area contributed by atoms with Crippen molar-refractivity contribution in [3.8, 4) is 0 Å². The van der Waals surface area contributed by atoms with Gasteiger partial charge >= 0.3 is 0 Å². The molecule has 1 unspecified atom stereocenters. The number of rotatable bonds is 4. The summed E-state index contributed by atoms with van der Waals surface area (Å²) in [7, 11) is 0. The average molecular weight is 223 g/mol. The third kappa shape index (κ3) is 2.41. The standard InChI is InChI=1S/C11H21N5/c1-4-10-14-15-11-6-13-9(7-16(10)11)5-12-8(2)3/h8-9,12-13H,4-7H2,1-3H3. The Balaban J connectivity index is 1.99. The summed E-state index contributed by atoms with van der Waals surface area (Å²) in [6.07, 6.45) is 0.956. The first-order chi connectivity index (χ1) is 7.70. The van der Waals surface area contributed by atoms with Crippen LogP contribution in [0, 0.1) is 0 Å². The van der Waals surface area contributed by atoms with Crippen molar-refractivity contribution in [2.75, 3.05) is 6.54 Å². The van der Waals surface area contributed by atoms with Crippen LogP contribution in [-0.4, -0.2) is 33.4 Å². The van der Waals surface area contributed by atoms with E-state index in [1.807, 2.05) is 0 Å². The molecule has 1 aliphatic heterocycles. The lowest BCUT2D eigenvalue weighted by Gasteiger charge is -2.26. The molecule has 1 aromatic heterocycles. The zero-order valence-corrected chi connectivity index (χ0v) is 10.3. The molecule has 90 valence electrons. The number of aromatic nitrogens is 3. The second-order valence-electron chi connectivity index (χ2n) is 4.64. The van der Waals surface area contributed by atoms with Crippen molar-refractivity contribution in [3.05, 3.63) is 11.6 Å². The molecule has 0 aliphatic carbocycles. The molecule has 0 aromatic carbocycles. The van der Waals surface area contributed by atoms with Crippen molar-refractivity contribution in [1.82, 2.24) is 25.4 Å². The lowest BCUT2D eigenvalue weighted by molar-refractivity contribution is 0.357. The molecule has 0 amide bonds. The molecule has 0 bridgehead atoms. The smallest absolute Gasteiger partial charge is 0.147 e. The highest BCUT2D eigenvalue weighted by atomic mass is 15.3. The van der Waals surface area contributed by atoms with Gasteiger partial charge in [-0.1, -0.05) is 20.8 Å². The first-order valence-corrected chi connectivity index (χ1v) is 6.08. The Morgan fingerprint density at radius 2 is 2.31 bits per heavy atom. The highest BCUT2D eigenvalue weighted by molar-refractivity contribution is 5.00. The van der Waals surface area contributed by atoms with Crippen molar-refractivity contribution in [2.45, 2.75) is 52.4 Å². The van der Waals surface area contributed by atoms with Crippen molar-refractivity contribution in [1.29, 1.82) is 0 Å². The normalized spacial score (nSPS) is 20.1. The summed E-state index contributed by atoms with van der Waals surface area (Å²) >= 11 is 0. The van der Waals surface area contributed by atoms with E-state index in [2.05, 4.69) is 46.2 Å². The van der Waals surface area contributed by atoms with Crippen LogP contribution in [0.25, 0.3) is 0 Å². The SMILES string of the molecule is CCc1nnc2n1CC(CNC(C)C)NC2. The molecule has 5 nitrogen and oxygen atoms in total. The molecule has 16 heavy (non-hydrogen) atoms. The van der Waals surface area contributed by atoms with Gasteiger partial charge in [0.2, 0.25) is 0 Å². The zero-order chi connectivity index (χ0) is 11.5. The molecule has 0 saturated carbocycles. The van der Waals surface area contributed by atoms with Crippen LogP contribution < -0.4 is 10.6 Å². The van der Waals surface area contributed by atoms with Crippen LogP contribution in [0.3, 0.4) is 0 Å². The number of aryl methyl sites for hydroxylation is 1. The minimum absolute atomic E-state index is 0.483. The fourth-order valence-electron chi connectivity index (χ4n) is 2.01. The summed E-state index contributed by atoms with van der Waals surface area (Å²) in [6, 6.07) is 1.02. The second kappa shape index (κ2) is 4.93. The Morgan fingerprint density at radius 3 is 3.00 bits per heavy atom. The number of nitrogens with zero attached hydrogens (tertiary/aromatic N) is 3. The topological polar surface area (TPSA) is 54.8 Å². The van der Waals surface area contributed by atoms with Crippen LogP contribution in [0.2, 0.25) is 0 Å². The van der Waals surface area contributed by atoms with E-state index in [0.29, 0.717) is 12.1 Å². The van der Waals surface area contributed by atoms with Crippen LogP contribution >= 0.6 is 0 Å². The van der Waals surface area contributed by atoms with E-state index >= 15 is 0 Å². The van der Waals surface area contributed by atoms with Crippen LogP contribution in [0.5, 0.6) is 0 Å². The molecule has 1 aromatic rings. The predicted molar refractivity (Wildman–Crippen MR) is 63.2 cm³/mol. The van der Waals surface area contributed by atoms with E-state index in [0.717, 1.165) is 37.7 Å². The van der Waals surface area contributed by atoms with Gasteiger partial charge in [-0.25, -0.2) is 0 Å². The third-order valence-corrected chi connectivity index (χ3v) is 2.94. The minimum atomic E-state index is 0.483. The first-order valence-electron chi connectivity index (χ1n) is 6.08. The quantitative estimate of drug-likeness (QED) is 0.771. The van der Waals surface area contributed by atoms with E-state index in [1.165, 1.54) is 0 Å². The van der Waals surface area contributed by atoms with E-state index in [-0.39, 0.29) is 0 Å². The van der Waals surface area contributed by atoms with Gasteiger partial charge in [-0.3, -0.25) is 0 Å². The Morgan fingerprint density at radius 1 is 1.50 bits per heavy atom. The van der Waals surface area contributed by atoms with Crippen molar-refractivity contribution in [3.63, 3.8) is 0 Å². The van der Waals surface area contributed by atoms with Crippen LogP contribution in [0.15, 0.2) is 0 Å². The van der Waals surface area contributed by atoms with Crippen molar-refractivity contribution in [2.24, 2.45) is 0 Å². The second-order valence-corrected chi connectivity index (χ2v) is 4.64. The fourth-order valence-corrected chi connectivity index (χ4v) is 2.01. The van der Waals surface area contributed by atoms with Gasteiger partial charge in [0.15, 0.2) is 0 Å². The van der Waals surface area contributed by atoms with Crippen molar-refractivity contribution < 1.29 is 0 Å². The molecule has 0 fully saturated rings. The average Bonchev–Trinajstić information content (AvgIpc) is 2.68. The lowest BCUT2D eigenvalue weighted by atomic mass is 10.2.